The molecule has 0 saturated carbocycles. The summed E-state index contributed by atoms with van der Waals surface area (Å²) in [6.07, 6.45) is 2.97. The van der Waals surface area contributed by atoms with Crippen LogP contribution < -0.4 is 5.32 Å². The van der Waals surface area contributed by atoms with E-state index in [2.05, 4.69) is 20.3 Å². The third-order valence-electron chi connectivity index (χ3n) is 2.16. The highest BCUT2D eigenvalue weighted by molar-refractivity contribution is 5.33. The zero-order valence-electron chi connectivity index (χ0n) is 9.38. The Morgan fingerprint density at radius 1 is 1.29 bits per heavy atom. The minimum Gasteiger partial charge on any atom is -0.363 e. The first-order valence-electron chi connectivity index (χ1n) is 5.16. The molecule has 0 aliphatic heterocycles. The summed E-state index contributed by atoms with van der Waals surface area (Å²) in [5.41, 5.74) is 2.23. The number of nitriles is 1. The molecule has 17 heavy (non-hydrogen) atoms. The lowest BCUT2D eigenvalue weighted by Gasteiger charge is -2.04. The highest BCUT2D eigenvalue weighted by Crippen LogP contribution is 2.04. The van der Waals surface area contributed by atoms with Crippen molar-refractivity contribution in [3.05, 3.63) is 47.7 Å². The summed E-state index contributed by atoms with van der Waals surface area (Å²) in [4.78, 5) is 12.3. The van der Waals surface area contributed by atoms with Crippen LogP contribution in [0.2, 0.25) is 0 Å². The van der Waals surface area contributed by atoms with Crippen molar-refractivity contribution in [2.45, 2.75) is 13.5 Å². The lowest BCUT2D eigenvalue weighted by molar-refractivity contribution is 0.996. The third kappa shape index (κ3) is 2.98. The number of nitrogens with zero attached hydrogens (tertiary/aromatic N) is 4. The van der Waals surface area contributed by atoms with Gasteiger partial charge in [-0.1, -0.05) is 6.07 Å². The normalized spacial score (nSPS) is 9.65. The Morgan fingerprint density at radius 2 is 2.18 bits per heavy atom. The van der Waals surface area contributed by atoms with E-state index in [4.69, 9.17) is 5.26 Å². The van der Waals surface area contributed by atoms with Gasteiger partial charge in [-0.05, 0) is 19.1 Å². The van der Waals surface area contributed by atoms with Gasteiger partial charge in [-0.25, -0.2) is 9.97 Å². The fourth-order valence-electron chi connectivity index (χ4n) is 1.36. The molecule has 0 bridgehead atoms. The van der Waals surface area contributed by atoms with Gasteiger partial charge in [0.05, 0.1) is 24.6 Å². The zero-order chi connectivity index (χ0) is 12.1. The van der Waals surface area contributed by atoms with Gasteiger partial charge in [-0.2, -0.15) is 5.26 Å². The molecule has 1 N–H and O–H groups in total. The maximum Gasteiger partial charge on any atom is 0.158 e. The van der Waals surface area contributed by atoms with Crippen LogP contribution in [0.5, 0.6) is 0 Å². The molecule has 5 nitrogen and oxygen atoms in total. The number of aromatic nitrogens is 3. The fraction of sp³-hybridized carbons (Fsp3) is 0.167. The molecule has 0 aliphatic carbocycles. The second-order valence-corrected chi connectivity index (χ2v) is 3.52. The Kier molecular flexibility index (Phi) is 3.26. The van der Waals surface area contributed by atoms with Gasteiger partial charge in [-0.3, -0.25) is 4.98 Å². The molecule has 0 aliphatic rings. The molecule has 2 aromatic rings. The van der Waals surface area contributed by atoms with Crippen LogP contribution in [0.3, 0.4) is 0 Å². The largest absolute Gasteiger partial charge is 0.363 e. The summed E-state index contributed by atoms with van der Waals surface area (Å²) in [5, 5.41) is 11.7. The Labute approximate surface area is 99.2 Å². The molecule has 0 unspecified atom stereocenters. The number of nitrogens with one attached hydrogen (secondary N) is 1. The number of hydrogen-bond donors (Lipinski definition) is 1. The topological polar surface area (TPSA) is 74.5 Å². The van der Waals surface area contributed by atoms with Crippen LogP contribution in [0.1, 0.15) is 17.1 Å². The molecule has 2 aromatic heterocycles. The predicted molar refractivity (Wildman–Crippen MR) is 63.0 cm³/mol. The molecule has 0 saturated heterocycles. The van der Waals surface area contributed by atoms with Gasteiger partial charge in [-0.15, -0.1) is 0 Å². The standard InChI is InChI=1S/C12H11N5/c1-9-3-2-4-10(17-9)6-15-12-8-14-11(5-13)7-16-12/h2-4,7-8H,6H2,1H3,(H,15,16). The second-order valence-electron chi connectivity index (χ2n) is 3.52. The van der Waals surface area contributed by atoms with Gasteiger partial charge in [0.2, 0.25) is 0 Å². The lowest BCUT2D eigenvalue weighted by atomic mass is 10.3. The van der Waals surface area contributed by atoms with Crippen LogP contribution in [0.4, 0.5) is 5.82 Å². The maximum atomic E-state index is 8.58. The maximum absolute atomic E-state index is 8.58. The van der Waals surface area contributed by atoms with E-state index in [1.54, 1.807) is 0 Å². The van der Waals surface area contributed by atoms with Crippen molar-refractivity contribution < 1.29 is 0 Å². The molecule has 2 heterocycles. The number of aryl methyl sites for hydroxylation is 1. The summed E-state index contributed by atoms with van der Waals surface area (Å²) in [5.74, 6) is 0.632. The molecule has 0 fully saturated rings. The van der Waals surface area contributed by atoms with Gasteiger partial charge < -0.3 is 5.32 Å². The molecule has 2 rings (SSSR count). The zero-order valence-corrected chi connectivity index (χ0v) is 9.38. The molecule has 0 radical (unpaired) electrons. The van der Waals surface area contributed by atoms with Crippen LogP contribution in [-0.4, -0.2) is 15.0 Å². The second kappa shape index (κ2) is 5.03. The van der Waals surface area contributed by atoms with E-state index >= 15 is 0 Å². The van der Waals surface area contributed by atoms with Crippen LogP contribution >= 0.6 is 0 Å². The van der Waals surface area contributed by atoms with Gasteiger partial charge in [0, 0.05) is 5.69 Å². The van der Waals surface area contributed by atoms with E-state index in [-0.39, 0.29) is 0 Å². The molecule has 0 aromatic carbocycles. The van der Waals surface area contributed by atoms with Crippen molar-refractivity contribution in [1.82, 2.24) is 15.0 Å². The summed E-state index contributed by atoms with van der Waals surface area (Å²) < 4.78 is 0. The van der Waals surface area contributed by atoms with Crippen molar-refractivity contribution in [2.75, 3.05) is 5.32 Å². The first-order valence-corrected chi connectivity index (χ1v) is 5.16. The quantitative estimate of drug-likeness (QED) is 0.859. The Bertz CT molecular complexity index is 542. The van der Waals surface area contributed by atoms with E-state index in [0.717, 1.165) is 11.4 Å². The molecule has 84 valence electrons. The van der Waals surface area contributed by atoms with Crippen LogP contribution in [0, 0.1) is 18.3 Å². The molecule has 0 atom stereocenters. The van der Waals surface area contributed by atoms with Gasteiger partial charge in [0.25, 0.3) is 0 Å². The minimum atomic E-state index is 0.309. The van der Waals surface area contributed by atoms with Gasteiger partial charge in [0.15, 0.2) is 5.69 Å². The van der Waals surface area contributed by atoms with Gasteiger partial charge >= 0.3 is 0 Å². The highest BCUT2D eigenvalue weighted by Gasteiger charge is 1.98. The summed E-state index contributed by atoms with van der Waals surface area (Å²) in [7, 11) is 0. The summed E-state index contributed by atoms with van der Waals surface area (Å²) in [6.45, 7) is 2.53. The summed E-state index contributed by atoms with van der Waals surface area (Å²) in [6, 6.07) is 7.77. The third-order valence-corrected chi connectivity index (χ3v) is 2.16. The Balaban J connectivity index is 2.00. The number of pyridine rings is 1. The van der Waals surface area contributed by atoms with Crippen molar-refractivity contribution in [3.63, 3.8) is 0 Å². The molecule has 0 spiro atoms. The van der Waals surface area contributed by atoms with Crippen LogP contribution in [0.15, 0.2) is 30.6 Å². The van der Waals surface area contributed by atoms with E-state index in [0.29, 0.717) is 18.1 Å². The first-order chi connectivity index (χ1) is 8.28. The van der Waals surface area contributed by atoms with E-state index in [1.165, 1.54) is 12.4 Å². The lowest BCUT2D eigenvalue weighted by Crippen LogP contribution is -2.04. The number of rotatable bonds is 3. The molecule has 5 heteroatoms. The van der Waals surface area contributed by atoms with Crippen LogP contribution in [0.25, 0.3) is 0 Å². The fourth-order valence-corrected chi connectivity index (χ4v) is 1.36. The average Bonchev–Trinajstić information content (AvgIpc) is 2.37. The Hall–Kier alpha value is -2.48. The average molecular weight is 225 g/mol. The van der Waals surface area contributed by atoms with Crippen LogP contribution in [-0.2, 0) is 6.54 Å². The SMILES string of the molecule is Cc1cccc(CNc2cnc(C#N)cn2)n1. The van der Waals surface area contributed by atoms with Crippen molar-refractivity contribution in [2.24, 2.45) is 0 Å². The first kappa shape index (κ1) is 11.0. The van der Waals surface area contributed by atoms with Gasteiger partial charge in [0.1, 0.15) is 11.9 Å². The van der Waals surface area contributed by atoms with E-state index < -0.39 is 0 Å². The highest BCUT2D eigenvalue weighted by atomic mass is 15.0. The smallest absolute Gasteiger partial charge is 0.158 e. The molecular weight excluding hydrogens is 214 g/mol. The number of hydrogen-bond acceptors (Lipinski definition) is 5. The van der Waals surface area contributed by atoms with Crippen molar-refractivity contribution in [3.8, 4) is 6.07 Å². The predicted octanol–water partition coefficient (Wildman–Crippen LogP) is 1.66. The van der Waals surface area contributed by atoms with Crippen molar-refractivity contribution >= 4 is 5.82 Å². The Morgan fingerprint density at radius 3 is 2.82 bits per heavy atom. The summed E-state index contributed by atoms with van der Waals surface area (Å²) >= 11 is 0. The minimum absolute atomic E-state index is 0.309. The molecule has 0 amide bonds. The van der Waals surface area contributed by atoms with E-state index in [9.17, 15) is 0 Å². The molecular formula is C12H11N5. The van der Waals surface area contributed by atoms with E-state index in [1.807, 2.05) is 31.2 Å². The number of anilines is 1. The monoisotopic (exact) mass is 225 g/mol. The van der Waals surface area contributed by atoms with Crippen molar-refractivity contribution in [1.29, 1.82) is 5.26 Å².